The summed E-state index contributed by atoms with van der Waals surface area (Å²) in [6.07, 6.45) is 7.67. The Balaban J connectivity index is 1.33. The Kier molecular flexibility index (Phi) is 14.7. The van der Waals surface area contributed by atoms with E-state index in [4.69, 9.17) is 4.98 Å². The van der Waals surface area contributed by atoms with Crippen LogP contribution in [0.5, 0.6) is 0 Å². The van der Waals surface area contributed by atoms with Crippen molar-refractivity contribution in [2.45, 2.75) is 120 Å². The minimum Gasteiger partial charge on any atom is -0.390 e. The Labute approximate surface area is 373 Å². The number of carbonyl (C=O) groups excluding carboxylic acids is 2. The maximum absolute atomic E-state index is 14.8. The van der Waals surface area contributed by atoms with Crippen LogP contribution in [0.4, 0.5) is 5.95 Å². The Morgan fingerprint density at radius 1 is 0.762 bits per heavy atom. The lowest BCUT2D eigenvalue weighted by Crippen LogP contribution is -2.52. The van der Waals surface area contributed by atoms with E-state index in [0.717, 1.165) is 67.2 Å². The van der Waals surface area contributed by atoms with Crippen LogP contribution in [0.25, 0.3) is 0 Å². The van der Waals surface area contributed by atoms with E-state index in [0.29, 0.717) is 18.5 Å². The molecule has 2 amide bonds. The van der Waals surface area contributed by atoms with Gasteiger partial charge in [-0.3, -0.25) is 19.5 Å². The Morgan fingerprint density at radius 3 is 1.79 bits per heavy atom. The molecule has 0 spiro atoms. The molecule has 2 aliphatic carbocycles. The van der Waals surface area contributed by atoms with Gasteiger partial charge in [0, 0.05) is 19.0 Å². The van der Waals surface area contributed by atoms with Crippen LogP contribution < -0.4 is 10.6 Å². The number of aromatic nitrogens is 2. The first-order valence-electron chi connectivity index (χ1n) is 22.7. The molecular formula is C52H64N4O6S. The summed E-state index contributed by atoms with van der Waals surface area (Å²) in [5, 5.41) is 29.0. The van der Waals surface area contributed by atoms with Crippen LogP contribution in [0.15, 0.2) is 128 Å². The third-order valence-electron chi connectivity index (χ3n) is 13.1. The number of imidazole rings is 1. The number of hydrogen-bond donors (Lipinski definition) is 4. The van der Waals surface area contributed by atoms with Gasteiger partial charge in [-0.15, -0.1) is 0 Å². The van der Waals surface area contributed by atoms with Crippen molar-refractivity contribution in [1.82, 2.24) is 14.9 Å². The second-order valence-electron chi connectivity index (χ2n) is 18.7. The number of rotatable bonds is 19. The Hall–Kier alpha value is -5.10. The molecule has 0 bridgehead atoms. The average molecular weight is 873 g/mol. The largest absolute Gasteiger partial charge is 0.390 e. The molecule has 4 N–H and O–H groups in total. The van der Waals surface area contributed by atoms with E-state index in [1.54, 1.807) is 20.8 Å². The molecule has 63 heavy (non-hydrogen) atoms. The van der Waals surface area contributed by atoms with Crippen molar-refractivity contribution in [3.63, 3.8) is 0 Å². The van der Waals surface area contributed by atoms with Crippen LogP contribution >= 0.6 is 0 Å². The molecule has 1 unspecified atom stereocenters. The SMILES string of the molecule is CC(C)(C)S(=O)(=O)CC(Cc1cn(C(c2ccccc2)(c2ccccc2)c2ccccc2)c(NC(=O)CCc2ccccc2)n1)C(=O)N[C@@H](CC1CCCCC1)[C@@H](O)[C@@H](O)C1CC1. The smallest absolute Gasteiger partial charge is 0.227 e. The van der Waals surface area contributed by atoms with Gasteiger partial charge in [0.1, 0.15) is 11.6 Å². The Bertz CT molecular complexity index is 2260. The van der Waals surface area contributed by atoms with Crippen LogP contribution in [0.2, 0.25) is 0 Å². The molecule has 1 heterocycles. The minimum absolute atomic E-state index is 0.0211. The molecule has 10 nitrogen and oxygen atoms in total. The van der Waals surface area contributed by atoms with Gasteiger partial charge < -0.3 is 15.5 Å². The number of benzene rings is 4. The molecule has 2 saturated carbocycles. The van der Waals surface area contributed by atoms with Gasteiger partial charge in [-0.05, 0) is 80.5 Å². The van der Waals surface area contributed by atoms with Gasteiger partial charge >= 0.3 is 0 Å². The zero-order valence-corrected chi connectivity index (χ0v) is 37.7. The number of carbonyl (C=O) groups is 2. The summed E-state index contributed by atoms with van der Waals surface area (Å²) in [5.41, 5.74) is 3.03. The van der Waals surface area contributed by atoms with Crippen molar-refractivity contribution >= 4 is 27.6 Å². The van der Waals surface area contributed by atoms with E-state index in [1.165, 1.54) is 0 Å². The van der Waals surface area contributed by atoms with E-state index >= 15 is 0 Å². The molecule has 5 aromatic rings. The lowest BCUT2D eigenvalue weighted by atomic mass is 9.76. The molecule has 7 rings (SSSR count). The molecular weight excluding hydrogens is 809 g/mol. The summed E-state index contributed by atoms with van der Waals surface area (Å²) in [5.74, 6) is -1.85. The fraction of sp³-hybridized carbons (Fsp3) is 0.442. The summed E-state index contributed by atoms with van der Waals surface area (Å²) in [6.45, 7) is 4.89. The standard InChI is InChI=1S/C52H64N4O6S/c1-51(2,3)63(61,62)36-40(49(60)54-45(33-38-21-11-5-12-22-38)48(59)47(58)39-30-31-39)34-44-35-56(50(53-44)55-46(57)32-29-37-19-9-4-10-20-37)52(41-23-13-6-14-24-41,42-25-15-7-16-26-42)43-27-17-8-18-28-43/h4,6-10,13-20,23-28,35,38-40,45,47-48,58-59H,5,11-12,21-22,29-34,36H2,1-3H3,(H,54,60)(H,53,55,57)/t40?,45-,47-,48+/m0/s1. The van der Waals surface area contributed by atoms with Crippen molar-refractivity contribution in [3.05, 3.63) is 155 Å². The molecule has 0 radical (unpaired) electrons. The molecule has 11 heteroatoms. The van der Waals surface area contributed by atoms with E-state index < -0.39 is 56.0 Å². The summed E-state index contributed by atoms with van der Waals surface area (Å²) in [4.78, 5) is 33.9. The van der Waals surface area contributed by atoms with Crippen LogP contribution in [-0.4, -0.2) is 68.7 Å². The third-order valence-corrected chi connectivity index (χ3v) is 15.8. The van der Waals surface area contributed by atoms with E-state index in [1.807, 2.05) is 132 Å². The second kappa shape index (κ2) is 20.2. The van der Waals surface area contributed by atoms with Crippen molar-refractivity contribution in [2.75, 3.05) is 11.1 Å². The molecule has 4 atom stereocenters. The van der Waals surface area contributed by atoms with Crippen molar-refractivity contribution in [3.8, 4) is 0 Å². The van der Waals surface area contributed by atoms with Crippen LogP contribution in [0, 0.1) is 17.8 Å². The monoisotopic (exact) mass is 872 g/mol. The molecule has 4 aromatic carbocycles. The van der Waals surface area contributed by atoms with Gasteiger partial charge in [-0.25, -0.2) is 13.4 Å². The fourth-order valence-electron chi connectivity index (χ4n) is 9.23. The number of anilines is 1. The minimum atomic E-state index is -3.86. The van der Waals surface area contributed by atoms with Gasteiger partial charge in [-0.2, -0.15) is 0 Å². The number of sulfone groups is 1. The quantitative estimate of drug-likeness (QED) is 0.0611. The van der Waals surface area contributed by atoms with Gasteiger partial charge in [0.15, 0.2) is 9.84 Å². The summed E-state index contributed by atoms with van der Waals surface area (Å²) in [6, 6.07) is 39.0. The zero-order chi connectivity index (χ0) is 44.6. The van der Waals surface area contributed by atoms with Crippen molar-refractivity contribution in [1.29, 1.82) is 0 Å². The maximum Gasteiger partial charge on any atom is 0.227 e. The number of nitrogens with zero attached hydrogens (tertiary/aromatic N) is 2. The summed E-state index contributed by atoms with van der Waals surface area (Å²) < 4.78 is 28.9. The van der Waals surface area contributed by atoms with Gasteiger partial charge in [0.2, 0.25) is 17.8 Å². The first-order chi connectivity index (χ1) is 30.3. The van der Waals surface area contributed by atoms with E-state index in [-0.39, 0.29) is 36.5 Å². The predicted octanol–water partition coefficient (Wildman–Crippen LogP) is 8.25. The van der Waals surface area contributed by atoms with Crippen molar-refractivity contribution < 1.29 is 28.2 Å². The zero-order valence-electron chi connectivity index (χ0n) is 36.9. The van der Waals surface area contributed by atoms with Gasteiger partial charge in [0.25, 0.3) is 0 Å². The molecule has 0 saturated heterocycles. The first kappa shape index (κ1) is 45.9. The lowest BCUT2D eigenvalue weighted by molar-refractivity contribution is -0.127. The Morgan fingerprint density at radius 2 is 1.29 bits per heavy atom. The molecule has 2 aliphatic rings. The number of aliphatic hydroxyl groups is 2. The normalized spacial score (nSPS) is 17.0. The highest BCUT2D eigenvalue weighted by atomic mass is 32.2. The number of hydrogen-bond acceptors (Lipinski definition) is 7. The highest BCUT2D eigenvalue weighted by Crippen LogP contribution is 2.43. The average Bonchev–Trinajstić information content (AvgIpc) is 4.07. The highest BCUT2D eigenvalue weighted by molar-refractivity contribution is 7.92. The summed E-state index contributed by atoms with van der Waals surface area (Å²) in [7, 11) is -3.86. The number of aryl methyl sites for hydroxylation is 1. The van der Waals surface area contributed by atoms with Gasteiger partial charge in [-0.1, -0.05) is 153 Å². The van der Waals surface area contributed by atoms with Crippen molar-refractivity contribution in [2.24, 2.45) is 17.8 Å². The van der Waals surface area contributed by atoms with Crippen LogP contribution in [0.3, 0.4) is 0 Å². The lowest BCUT2D eigenvalue weighted by Gasteiger charge is -2.38. The topological polar surface area (TPSA) is 151 Å². The second-order valence-corrected chi connectivity index (χ2v) is 21.5. The van der Waals surface area contributed by atoms with Gasteiger partial charge in [0.05, 0.1) is 34.3 Å². The van der Waals surface area contributed by atoms with Crippen LogP contribution in [0.1, 0.15) is 107 Å². The summed E-state index contributed by atoms with van der Waals surface area (Å²) >= 11 is 0. The van der Waals surface area contributed by atoms with E-state index in [9.17, 15) is 28.2 Å². The fourth-order valence-corrected chi connectivity index (χ4v) is 10.5. The molecule has 2 fully saturated rings. The third kappa shape index (κ3) is 11.0. The number of nitrogens with one attached hydrogen (secondary N) is 2. The molecule has 0 aliphatic heterocycles. The molecule has 1 aromatic heterocycles. The highest BCUT2D eigenvalue weighted by Gasteiger charge is 2.43. The first-order valence-corrected chi connectivity index (χ1v) is 24.4. The number of amides is 2. The molecule has 334 valence electrons. The maximum atomic E-state index is 14.8. The number of aliphatic hydroxyl groups excluding tert-OH is 2. The van der Waals surface area contributed by atoms with E-state index in [2.05, 4.69) is 10.6 Å². The van der Waals surface area contributed by atoms with Crippen LogP contribution in [-0.2, 0) is 37.8 Å². The predicted molar refractivity (Wildman–Crippen MR) is 249 cm³/mol.